The highest BCUT2D eigenvalue weighted by molar-refractivity contribution is 6.32. The minimum Gasteiger partial charge on any atom is -0.380 e. The van der Waals surface area contributed by atoms with Crippen LogP contribution >= 0.6 is 11.6 Å². The van der Waals surface area contributed by atoms with Gasteiger partial charge in [-0.1, -0.05) is 38.3 Å². The molecule has 120 valence electrons. The fourth-order valence-corrected chi connectivity index (χ4v) is 2.58. The third-order valence-corrected chi connectivity index (χ3v) is 4.25. The second kappa shape index (κ2) is 8.39. The Labute approximate surface area is 132 Å². The average Bonchev–Trinajstić information content (AvgIpc) is 2.44. The van der Waals surface area contributed by atoms with E-state index in [1.807, 2.05) is 19.0 Å². The summed E-state index contributed by atoms with van der Waals surface area (Å²) in [6.45, 7) is 7.75. The van der Waals surface area contributed by atoms with Crippen molar-refractivity contribution in [1.29, 1.82) is 0 Å². The summed E-state index contributed by atoms with van der Waals surface area (Å²) < 4.78 is 1.41. The summed E-state index contributed by atoms with van der Waals surface area (Å²) in [4.78, 5) is 14.2. The van der Waals surface area contributed by atoms with Gasteiger partial charge in [0.25, 0.3) is 5.56 Å². The molecule has 0 amide bonds. The van der Waals surface area contributed by atoms with Crippen molar-refractivity contribution in [3.05, 3.63) is 21.6 Å². The lowest BCUT2D eigenvalue weighted by atomic mass is 9.95. The zero-order valence-corrected chi connectivity index (χ0v) is 14.4. The number of hydrogen-bond acceptors (Lipinski definition) is 4. The molecule has 6 heteroatoms. The topological polar surface area (TPSA) is 50.2 Å². The molecular formula is C15H27ClN4O. The predicted molar refractivity (Wildman–Crippen MR) is 89.2 cm³/mol. The SMILES string of the molecule is CCC(CC)C(C)Nc1cnn(CCN(C)C)c(=O)c1Cl. The van der Waals surface area contributed by atoms with Crippen LogP contribution in [0.3, 0.4) is 0 Å². The number of nitrogens with zero attached hydrogens (tertiary/aromatic N) is 3. The van der Waals surface area contributed by atoms with Crippen molar-refractivity contribution in [3.8, 4) is 0 Å². The molecule has 1 aromatic rings. The van der Waals surface area contributed by atoms with E-state index < -0.39 is 0 Å². The third-order valence-electron chi connectivity index (χ3n) is 3.88. The monoisotopic (exact) mass is 314 g/mol. The number of aromatic nitrogens is 2. The van der Waals surface area contributed by atoms with Crippen LogP contribution in [0.4, 0.5) is 5.69 Å². The van der Waals surface area contributed by atoms with Crippen LogP contribution in [0, 0.1) is 5.92 Å². The number of anilines is 1. The molecule has 1 atom stereocenters. The number of halogens is 1. The summed E-state index contributed by atoms with van der Waals surface area (Å²) in [5.74, 6) is 0.553. The summed E-state index contributed by atoms with van der Waals surface area (Å²) in [5, 5.41) is 7.76. The molecule has 0 saturated heterocycles. The predicted octanol–water partition coefficient (Wildman–Crippen LogP) is 2.69. The van der Waals surface area contributed by atoms with Gasteiger partial charge in [-0.3, -0.25) is 4.79 Å². The molecule has 1 heterocycles. The Kier molecular flexibility index (Phi) is 7.18. The summed E-state index contributed by atoms with van der Waals surface area (Å²) >= 11 is 6.20. The molecule has 1 rings (SSSR count). The summed E-state index contributed by atoms with van der Waals surface area (Å²) in [6.07, 6.45) is 3.84. The molecule has 0 bridgehead atoms. The molecule has 0 saturated carbocycles. The first-order valence-corrected chi connectivity index (χ1v) is 7.95. The maximum Gasteiger partial charge on any atom is 0.287 e. The molecule has 21 heavy (non-hydrogen) atoms. The van der Waals surface area contributed by atoms with Crippen molar-refractivity contribution >= 4 is 17.3 Å². The van der Waals surface area contributed by atoms with Crippen LogP contribution in [0.15, 0.2) is 11.0 Å². The molecule has 0 aliphatic carbocycles. The highest BCUT2D eigenvalue weighted by Gasteiger charge is 2.16. The van der Waals surface area contributed by atoms with Gasteiger partial charge in [0, 0.05) is 12.6 Å². The van der Waals surface area contributed by atoms with E-state index in [0.717, 1.165) is 19.4 Å². The minimum atomic E-state index is -0.236. The Morgan fingerprint density at radius 2 is 2.00 bits per heavy atom. The van der Waals surface area contributed by atoms with Crippen LogP contribution < -0.4 is 10.9 Å². The highest BCUT2D eigenvalue weighted by Crippen LogP contribution is 2.21. The Balaban J connectivity index is 2.86. The van der Waals surface area contributed by atoms with Crippen LogP contribution in [0.5, 0.6) is 0 Å². The molecule has 0 fully saturated rings. The number of likely N-dealkylation sites (N-methyl/N-ethyl adjacent to an activating group) is 1. The molecule has 0 aliphatic rings. The largest absolute Gasteiger partial charge is 0.380 e. The van der Waals surface area contributed by atoms with E-state index in [0.29, 0.717) is 18.2 Å². The van der Waals surface area contributed by atoms with Crippen molar-refractivity contribution in [1.82, 2.24) is 14.7 Å². The molecular weight excluding hydrogens is 288 g/mol. The quantitative estimate of drug-likeness (QED) is 0.801. The Morgan fingerprint density at radius 1 is 1.38 bits per heavy atom. The van der Waals surface area contributed by atoms with Crippen LogP contribution in [0.25, 0.3) is 0 Å². The summed E-state index contributed by atoms with van der Waals surface area (Å²) in [7, 11) is 3.92. The van der Waals surface area contributed by atoms with Crippen molar-refractivity contribution in [3.63, 3.8) is 0 Å². The minimum absolute atomic E-state index is 0.224. The normalized spacial score (nSPS) is 13.0. The van der Waals surface area contributed by atoms with Gasteiger partial charge in [0.1, 0.15) is 5.02 Å². The lowest BCUT2D eigenvalue weighted by Crippen LogP contribution is -2.31. The van der Waals surface area contributed by atoms with Crippen LogP contribution in [-0.2, 0) is 6.54 Å². The van der Waals surface area contributed by atoms with Gasteiger partial charge in [-0.2, -0.15) is 5.10 Å². The van der Waals surface area contributed by atoms with E-state index in [9.17, 15) is 4.79 Å². The lowest BCUT2D eigenvalue weighted by molar-refractivity contribution is 0.367. The smallest absolute Gasteiger partial charge is 0.287 e. The first kappa shape index (κ1) is 18.0. The summed E-state index contributed by atoms with van der Waals surface area (Å²) in [6, 6.07) is 0.260. The Morgan fingerprint density at radius 3 is 2.52 bits per heavy atom. The van der Waals surface area contributed by atoms with E-state index in [1.54, 1.807) is 6.20 Å². The molecule has 1 N–H and O–H groups in total. The van der Waals surface area contributed by atoms with E-state index in [-0.39, 0.29) is 16.6 Å². The standard InChI is InChI=1S/C15H27ClN4O/c1-6-12(7-2)11(3)18-13-10-17-20(9-8-19(4)5)15(21)14(13)16/h10-12,18H,6-9H2,1-5H3. The van der Waals surface area contributed by atoms with Gasteiger partial charge in [-0.05, 0) is 26.9 Å². The number of nitrogens with one attached hydrogen (secondary N) is 1. The molecule has 0 spiro atoms. The van der Waals surface area contributed by atoms with Crippen molar-refractivity contribution in [2.45, 2.75) is 46.2 Å². The van der Waals surface area contributed by atoms with E-state index in [2.05, 4.69) is 31.2 Å². The molecule has 0 radical (unpaired) electrons. The van der Waals surface area contributed by atoms with Crippen LogP contribution in [-0.4, -0.2) is 41.4 Å². The van der Waals surface area contributed by atoms with Gasteiger partial charge < -0.3 is 10.2 Å². The van der Waals surface area contributed by atoms with Crippen molar-refractivity contribution in [2.75, 3.05) is 26.0 Å². The van der Waals surface area contributed by atoms with Gasteiger partial charge in [0.15, 0.2) is 0 Å². The van der Waals surface area contributed by atoms with Gasteiger partial charge >= 0.3 is 0 Å². The fraction of sp³-hybridized carbons (Fsp3) is 0.733. The maximum atomic E-state index is 12.2. The average molecular weight is 315 g/mol. The second-order valence-electron chi connectivity index (χ2n) is 5.71. The number of hydrogen-bond donors (Lipinski definition) is 1. The molecule has 1 aromatic heterocycles. The first-order valence-electron chi connectivity index (χ1n) is 7.57. The molecule has 0 aliphatic heterocycles. The van der Waals surface area contributed by atoms with E-state index in [4.69, 9.17) is 11.6 Å². The summed E-state index contributed by atoms with van der Waals surface area (Å²) in [5.41, 5.74) is 0.391. The second-order valence-corrected chi connectivity index (χ2v) is 6.09. The Bertz CT molecular complexity index is 497. The number of rotatable bonds is 8. The van der Waals surface area contributed by atoms with Gasteiger partial charge in [-0.15, -0.1) is 0 Å². The van der Waals surface area contributed by atoms with Gasteiger partial charge in [0.05, 0.1) is 18.4 Å². The fourth-order valence-electron chi connectivity index (χ4n) is 2.38. The Hall–Kier alpha value is -1.07. The van der Waals surface area contributed by atoms with Crippen LogP contribution in [0.2, 0.25) is 5.02 Å². The van der Waals surface area contributed by atoms with Crippen molar-refractivity contribution in [2.24, 2.45) is 5.92 Å². The van der Waals surface area contributed by atoms with E-state index in [1.165, 1.54) is 4.68 Å². The third kappa shape index (κ3) is 5.00. The molecule has 0 aromatic carbocycles. The first-order chi connectivity index (χ1) is 9.90. The van der Waals surface area contributed by atoms with Gasteiger partial charge in [0.2, 0.25) is 0 Å². The molecule has 1 unspecified atom stereocenters. The van der Waals surface area contributed by atoms with Gasteiger partial charge in [-0.25, -0.2) is 4.68 Å². The van der Waals surface area contributed by atoms with Crippen LogP contribution in [0.1, 0.15) is 33.6 Å². The molecule has 5 nitrogen and oxygen atoms in total. The lowest BCUT2D eigenvalue weighted by Gasteiger charge is -2.24. The highest BCUT2D eigenvalue weighted by atomic mass is 35.5. The maximum absolute atomic E-state index is 12.2. The van der Waals surface area contributed by atoms with E-state index >= 15 is 0 Å². The zero-order chi connectivity index (χ0) is 16.0. The zero-order valence-electron chi connectivity index (χ0n) is 13.7. The van der Waals surface area contributed by atoms with Crippen molar-refractivity contribution < 1.29 is 0 Å².